The molecule has 1 aromatic rings. The lowest BCUT2D eigenvalue weighted by molar-refractivity contribution is -0.131. The predicted molar refractivity (Wildman–Crippen MR) is 78.7 cm³/mol. The average molecular weight is 331 g/mol. The summed E-state index contributed by atoms with van der Waals surface area (Å²) in [5, 5.41) is 2.01. The molecule has 1 saturated carbocycles. The molecule has 0 aliphatic heterocycles. The van der Waals surface area contributed by atoms with Crippen LogP contribution in [0.4, 0.5) is 0 Å². The van der Waals surface area contributed by atoms with Gasteiger partial charge in [0, 0.05) is 33.7 Å². The van der Waals surface area contributed by atoms with Gasteiger partial charge in [-0.3, -0.25) is 4.79 Å². The van der Waals surface area contributed by atoms with Crippen molar-refractivity contribution in [3.8, 4) is 0 Å². The molecule has 2 N–H and O–H groups in total. The van der Waals surface area contributed by atoms with E-state index in [4.69, 9.17) is 5.73 Å². The van der Waals surface area contributed by atoms with Crippen LogP contribution in [0.1, 0.15) is 24.1 Å². The van der Waals surface area contributed by atoms with Crippen LogP contribution in [0.5, 0.6) is 0 Å². The highest BCUT2D eigenvalue weighted by molar-refractivity contribution is 9.10. The van der Waals surface area contributed by atoms with E-state index in [1.807, 2.05) is 23.4 Å². The van der Waals surface area contributed by atoms with Crippen LogP contribution in [0.25, 0.3) is 0 Å². The number of hydrogen-bond acceptors (Lipinski definition) is 3. The number of carbonyl (C=O) groups excluding carboxylic acids is 1. The number of rotatable bonds is 5. The first-order chi connectivity index (χ1) is 8.54. The van der Waals surface area contributed by atoms with Crippen molar-refractivity contribution in [2.24, 2.45) is 11.1 Å². The number of carbonyl (C=O) groups is 1. The van der Waals surface area contributed by atoms with Crippen LogP contribution in [0.15, 0.2) is 15.9 Å². The van der Waals surface area contributed by atoms with Gasteiger partial charge in [-0.1, -0.05) is 6.42 Å². The highest BCUT2D eigenvalue weighted by Gasteiger charge is 2.37. The normalized spacial score (nSPS) is 17.3. The first kappa shape index (κ1) is 14.0. The molecular formula is C13H19BrN2OS. The maximum Gasteiger partial charge on any atom is 0.227 e. The quantitative estimate of drug-likeness (QED) is 0.902. The Kier molecular flexibility index (Phi) is 4.45. The third-order valence-corrected chi connectivity index (χ3v) is 5.49. The molecule has 1 amide bonds. The van der Waals surface area contributed by atoms with Gasteiger partial charge < -0.3 is 10.6 Å². The van der Waals surface area contributed by atoms with Crippen molar-refractivity contribution in [3.05, 3.63) is 20.8 Å². The molecule has 0 radical (unpaired) electrons. The van der Waals surface area contributed by atoms with Crippen LogP contribution in [-0.2, 0) is 11.2 Å². The Bertz CT molecular complexity index is 423. The maximum absolute atomic E-state index is 12.1. The zero-order valence-electron chi connectivity index (χ0n) is 10.6. The summed E-state index contributed by atoms with van der Waals surface area (Å²) in [7, 11) is 1.89. The summed E-state index contributed by atoms with van der Waals surface area (Å²) in [5.41, 5.74) is 6.03. The predicted octanol–water partition coefficient (Wildman–Crippen LogP) is 2.64. The maximum atomic E-state index is 12.1. The molecular weight excluding hydrogens is 312 g/mol. The fourth-order valence-electron chi connectivity index (χ4n) is 2.43. The lowest BCUT2D eigenvalue weighted by Gasteiger charge is -2.43. The van der Waals surface area contributed by atoms with Gasteiger partial charge in [-0.05, 0) is 41.4 Å². The minimum absolute atomic E-state index is 0.184. The van der Waals surface area contributed by atoms with Crippen molar-refractivity contribution >= 4 is 33.2 Å². The lowest BCUT2D eigenvalue weighted by Crippen LogP contribution is -2.47. The third kappa shape index (κ3) is 3.13. The van der Waals surface area contributed by atoms with Gasteiger partial charge >= 0.3 is 0 Å². The van der Waals surface area contributed by atoms with E-state index in [1.165, 1.54) is 6.42 Å². The third-order valence-electron chi connectivity index (χ3n) is 3.79. The number of hydrogen-bond donors (Lipinski definition) is 1. The van der Waals surface area contributed by atoms with Gasteiger partial charge in [0.2, 0.25) is 5.91 Å². The molecule has 5 heteroatoms. The van der Waals surface area contributed by atoms with Crippen molar-refractivity contribution in [1.29, 1.82) is 0 Å². The van der Waals surface area contributed by atoms with Crippen molar-refractivity contribution in [2.75, 3.05) is 20.1 Å². The van der Waals surface area contributed by atoms with Crippen LogP contribution in [0.2, 0.25) is 0 Å². The standard InChI is InChI=1S/C13H19BrN2OS/c1-16(9-13(8-15)3-2-4-13)12(17)6-11-5-10(14)7-18-11/h5,7H,2-4,6,8-9,15H2,1H3. The van der Waals surface area contributed by atoms with E-state index in [-0.39, 0.29) is 11.3 Å². The molecule has 1 aliphatic carbocycles. The molecule has 0 bridgehead atoms. The van der Waals surface area contributed by atoms with Gasteiger partial charge in [-0.25, -0.2) is 0 Å². The minimum Gasteiger partial charge on any atom is -0.345 e. The number of likely N-dealkylation sites (N-methyl/N-ethyl adjacent to an activating group) is 1. The lowest BCUT2D eigenvalue weighted by atomic mass is 9.68. The molecule has 2 rings (SSSR count). The fraction of sp³-hybridized carbons (Fsp3) is 0.615. The molecule has 1 aliphatic rings. The molecule has 0 saturated heterocycles. The molecule has 0 aromatic carbocycles. The van der Waals surface area contributed by atoms with Gasteiger partial charge in [0.25, 0.3) is 0 Å². The zero-order valence-corrected chi connectivity index (χ0v) is 13.0. The Hall–Kier alpha value is -0.390. The first-order valence-corrected chi connectivity index (χ1v) is 7.89. The molecule has 100 valence electrons. The topological polar surface area (TPSA) is 46.3 Å². The second-order valence-electron chi connectivity index (χ2n) is 5.22. The summed E-state index contributed by atoms with van der Waals surface area (Å²) in [4.78, 5) is 15.1. The summed E-state index contributed by atoms with van der Waals surface area (Å²) in [6.45, 7) is 1.49. The Morgan fingerprint density at radius 1 is 1.61 bits per heavy atom. The van der Waals surface area contributed by atoms with Crippen LogP contribution in [0.3, 0.4) is 0 Å². The molecule has 1 heterocycles. The van der Waals surface area contributed by atoms with E-state index < -0.39 is 0 Å². The number of nitrogens with zero attached hydrogens (tertiary/aromatic N) is 1. The van der Waals surface area contributed by atoms with Crippen LogP contribution >= 0.6 is 27.3 Å². The Balaban J connectivity index is 1.88. The molecule has 0 atom stereocenters. The van der Waals surface area contributed by atoms with Gasteiger partial charge in [-0.15, -0.1) is 11.3 Å². The van der Waals surface area contributed by atoms with Gasteiger partial charge in [0.05, 0.1) is 6.42 Å². The zero-order chi connectivity index (χ0) is 13.2. The number of amides is 1. The van der Waals surface area contributed by atoms with Crippen LogP contribution < -0.4 is 5.73 Å². The van der Waals surface area contributed by atoms with E-state index in [9.17, 15) is 4.79 Å². The van der Waals surface area contributed by atoms with Crippen LogP contribution in [0, 0.1) is 5.41 Å². The van der Waals surface area contributed by atoms with Gasteiger partial charge in [0.15, 0.2) is 0 Å². The molecule has 3 nitrogen and oxygen atoms in total. The SMILES string of the molecule is CN(CC1(CN)CCC1)C(=O)Cc1cc(Br)cs1. The Labute approximate surface area is 120 Å². The smallest absolute Gasteiger partial charge is 0.227 e. The summed E-state index contributed by atoms with van der Waals surface area (Å²) in [6, 6.07) is 2.01. The summed E-state index contributed by atoms with van der Waals surface area (Å²) in [5.74, 6) is 0.184. The van der Waals surface area contributed by atoms with E-state index >= 15 is 0 Å². The number of nitrogens with two attached hydrogens (primary N) is 1. The minimum atomic E-state index is 0.184. The molecule has 1 fully saturated rings. The number of thiophene rings is 1. The van der Waals surface area contributed by atoms with Crippen LogP contribution in [-0.4, -0.2) is 30.9 Å². The van der Waals surface area contributed by atoms with Crippen molar-refractivity contribution in [1.82, 2.24) is 4.90 Å². The fourth-order valence-corrected chi connectivity index (χ4v) is 3.87. The molecule has 1 aromatic heterocycles. The van der Waals surface area contributed by atoms with E-state index in [2.05, 4.69) is 15.9 Å². The summed E-state index contributed by atoms with van der Waals surface area (Å²) >= 11 is 5.03. The largest absolute Gasteiger partial charge is 0.345 e. The highest BCUT2D eigenvalue weighted by Crippen LogP contribution is 2.40. The number of halogens is 1. The first-order valence-electron chi connectivity index (χ1n) is 6.22. The van der Waals surface area contributed by atoms with E-state index in [0.717, 1.165) is 28.7 Å². The average Bonchev–Trinajstić information content (AvgIpc) is 2.69. The summed E-state index contributed by atoms with van der Waals surface area (Å²) in [6.07, 6.45) is 4.06. The Morgan fingerprint density at radius 3 is 2.78 bits per heavy atom. The molecule has 0 unspecified atom stereocenters. The van der Waals surface area contributed by atoms with Crippen molar-refractivity contribution in [2.45, 2.75) is 25.7 Å². The summed E-state index contributed by atoms with van der Waals surface area (Å²) < 4.78 is 1.05. The van der Waals surface area contributed by atoms with E-state index in [0.29, 0.717) is 13.0 Å². The second kappa shape index (κ2) is 5.72. The molecule has 18 heavy (non-hydrogen) atoms. The van der Waals surface area contributed by atoms with Gasteiger partial charge in [-0.2, -0.15) is 0 Å². The van der Waals surface area contributed by atoms with E-state index in [1.54, 1.807) is 11.3 Å². The van der Waals surface area contributed by atoms with Crippen molar-refractivity contribution < 1.29 is 4.79 Å². The highest BCUT2D eigenvalue weighted by atomic mass is 79.9. The van der Waals surface area contributed by atoms with Gasteiger partial charge in [0.1, 0.15) is 0 Å². The second-order valence-corrected chi connectivity index (χ2v) is 7.13. The Morgan fingerprint density at radius 2 is 2.33 bits per heavy atom. The monoisotopic (exact) mass is 330 g/mol. The van der Waals surface area contributed by atoms with Crippen molar-refractivity contribution in [3.63, 3.8) is 0 Å². The molecule has 0 spiro atoms.